The Morgan fingerprint density at radius 1 is 1.16 bits per heavy atom. The summed E-state index contributed by atoms with van der Waals surface area (Å²) in [7, 11) is 2.29. The predicted octanol–water partition coefficient (Wildman–Crippen LogP) is 3.86. The summed E-state index contributed by atoms with van der Waals surface area (Å²) in [5, 5.41) is 3.68. The molecule has 0 rings (SSSR count). The van der Waals surface area contributed by atoms with Gasteiger partial charge in [-0.05, 0) is 52.3 Å². The first-order valence-corrected chi connectivity index (χ1v) is 9.01. The first kappa shape index (κ1) is 19.3. The Labute approximate surface area is 126 Å². The van der Waals surface area contributed by atoms with Gasteiger partial charge in [-0.2, -0.15) is 11.8 Å². The van der Waals surface area contributed by atoms with E-state index in [1.165, 1.54) is 25.1 Å². The Bertz CT molecular complexity index is 237. The van der Waals surface area contributed by atoms with Crippen LogP contribution < -0.4 is 5.32 Å². The van der Waals surface area contributed by atoms with E-state index in [2.05, 4.69) is 65.1 Å². The third-order valence-electron chi connectivity index (χ3n) is 3.98. The Hall–Kier alpha value is 0.270. The number of rotatable bonds is 9. The van der Waals surface area contributed by atoms with Gasteiger partial charge in [0.1, 0.15) is 0 Å². The van der Waals surface area contributed by atoms with Crippen LogP contribution in [0.4, 0.5) is 0 Å². The second kappa shape index (κ2) is 8.53. The van der Waals surface area contributed by atoms with Gasteiger partial charge in [0.15, 0.2) is 0 Å². The van der Waals surface area contributed by atoms with E-state index in [0.29, 0.717) is 11.5 Å². The van der Waals surface area contributed by atoms with Crippen LogP contribution in [0.3, 0.4) is 0 Å². The summed E-state index contributed by atoms with van der Waals surface area (Å²) in [6, 6.07) is 0.704. The summed E-state index contributed by atoms with van der Waals surface area (Å²) in [4.78, 5) is 2.56. The number of hydrogen-bond donors (Lipinski definition) is 1. The van der Waals surface area contributed by atoms with Gasteiger partial charge in [-0.25, -0.2) is 0 Å². The van der Waals surface area contributed by atoms with E-state index in [0.717, 1.165) is 6.54 Å². The molecule has 2 nitrogen and oxygen atoms in total. The molecule has 19 heavy (non-hydrogen) atoms. The van der Waals surface area contributed by atoms with Crippen molar-refractivity contribution >= 4 is 11.8 Å². The second-order valence-corrected chi connectivity index (χ2v) is 8.11. The topological polar surface area (TPSA) is 15.3 Å². The summed E-state index contributed by atoms with van der Waals surface area (Å²) >= 11 is 1.96. The molecule has 2 unspecified atom stereocenters. The van der Waals surface area contributed by atoms with Crippen LogP contribution in [-0.2, 0) is 0 Å². The Kier molecular flexibility index (Phi) is 8.65. The molecule has 0 aliphatic carbocycles. The van der Waals surface area contributed by atoms with Crippen molar-refractivity contribution < 1.29 is 0 Å². The van der Waals surface area contributed by atoms with Gasteiger partial charge in [-0.1, -0.05) is 20.8 Å². The second-order valence-electron chi connectivity index (χ2n) is 7.20. The van der Waals surface area contributed by atoms with E-state index in [1.807, 2.05) is 11.8 Å². The highest BCUT2D eigenvalue weighted by Gasteiger charge is 2.27. The minimum Gasteiger partial charge on any atom is -0.311 e. The van der Waals surface area contributed by atoms with Gasteiger partial charge in [0.2, 0.25) is 0 Å². The SMILES string of the molecule is CCC(CSC)N(C)CC(C)(CC)CNC(C)(C)C. The first-order valence-electron chi connectivity index (χ1n) is 7.61. The summed E-state index contributed by atoms with van der Waals surface area (Å²) < 4.78 is 0. The maximum Gasteiger partial charge on any atom is 0.0180 e. The number of nitrogens with one attached hydrogen (secondary N) is 1. The lowest BCUT2D eigenvalue weighted by Gasteiger charge is -2.38. The lowest BCUT2D eigenvalue weighted by Crippen LogP contribution is -2.48. The van der Waals surface area contributed by atoms with Gasteiger partial charge < -0.3 is 10.2 Å². The van der Waals surface area contributed by atoms with E-state index < -0.39 is 0 Å². The predicted molar refractivity (Wildman–Crippen MR) is 91.2 cm³/mol. The number of hydrogen-bond acceptors (Lipinski definition) is 3. The molecule has 0 saturated carbocycles. The van der Waals surface area contributed by atoms with Gasteiger partial charge in [0.05, 0.1) is 0 Å². The zero-order chi connectivity index (χ0) is 15.1. The molecule has 0 aliphatic heterocycles. The molecule has 0 aromatic rings. The van der Waals surface area contributed by atoms with Crippen LogP contribution in [0.15, 0.2) is 0 Å². The van der Waals surface area contributed by atoms with Gasteiger partial charge in [-0.15, -0.1) is 0 Å². The van der Waals surface area contributed by atoms with Gasteiger partial charge in [-0.3, -0.25) is 0 Å². The van der Waals surface area contributed by atoms with E-state index in [-0.39, 0.29) is 5.54 Å². The summed E-state index contributed by atoms with van der Waals surface area (Å²) in [5.41, 5.74) is 0.562. The highest BCUT2D eigenvalue weighted by Crippen LogP contribution is 2.24. The molecule has 0 bridgehead atoms. The maximum absolute atomic E-state index is 3.68. The quantitative estimate of drug-likeness (QED) is 0.693. The minimum atomic E-state index is 0.207. The van der Waals surface area contributed by atoms with Crippen molar-refractivity contribution in [2.75, 3.05) is 32.1 Å². The van der Waals surface area contributed by atoms with E-state index in [9.17, 15) is 0 Å². The third kappa shape index (κ3) is 8.21. The molecule has 0 aromatic heterocycles. The highest BCUT2D eigenvalue weighted by atomic mass is 32.2. The molecule has 3 heteroatoms. The molecular weight excluding hydrogens is 252 g/mol. The standard InChI is InChI=1S/C16H36N2S/c1-9-14(11-19-8)18(7)13-16(6,10-2)12-17-15(3,4)5/h14,17H,9-13H2,1-8H3. The zero-order valence-corrected chi connectivity index (χ0v) is 15.3. The highest BCUT2D eigenvalue weighted by molar-refractivity contribution is 7.98. The smallest absolute Gasteiger partial charge is 0.0180 e. The molecule has 0 fully saturated rings. The molecule has 2 atom stereocenters. The summed E-state index contributed by atoms with van der Waals surface area (Å²) in [6.07, 6.45) is 4.66. The van der Waals surface area contributed by atoms with Crippen LogP contribution in [0.25, 0.3) is 0 Å². The largest absolute Gasteiger partial charge is 0.311 e. The lowest BCUT2D eigenvalue weighted by atomic mass is 9.85. The van der Waals surface area contributed by atoms with Crippen LogP contribution in [-0.4, -0.2) is 48.6 Å². The lowest BCUT2D eigenvalue weighted by molar-refractivity contribution is 0.139. The molecule has 0 aromatic carbocycles. The van der Waals surface area contributed by atoms with Gasteiger partial charge >= 0.3 is 0 Å². The van der Waals surface area contributed by atoms with Crippen molar-refractivity contribution in [1.82, 2.24) is 10.2 Å². The average molecular weight is 289 g/mol. The average Bonchev–Trinajstić information content (AvgIpc) is 2.32. The molecule has 0 amide bonds. The van der Waals surface area contributed by atoms with Crippen molar-refractivity contribution in [3.05, 3.63) is 0 Å². The van der Waals surface area contributed by atoms with Crippen LogP contribution in [0.5, 0.6) is 0 Å². The molecular formula is C16H36N2S. The van der Waals surface area contributed by atoms with Crippen LogP contribution in [0.1, 0.15) is 54.4 Å². The fraction of sp³-hybridized carbons (Fsp3) is 1.00. The van der Waals surface area contributed by atoms with Crippen molar-refractivity contribution in [3.8, 4) is 0 Å². The third-order valence-corrected chi connectivity index (χ3v) is 4.70. The van der Waals surface area contributed by atoms with E-state index in [4.69, 9.17) is 0 Å². The number of thioether (sulfide) groups is 1. The van der Waals surface area contributed by atoms with Crippen LogP contribution >= 0.6 is 11.8 Å². The molecule has 116 valence electrons. The zero-order valence-electron chi connectivity index (χ0n) is 14.5. The molecule has 0 spiro atoms. The Morgan fingerprint density at radius 3 is 2.11 bits per heavy atom. The summed E-state index contributed by atoms with van der Waals surface area (Å²) in [5.74, 6) is 1.24. The normalized spacial score (nSPS) is 17.5. The van der Waals surface area contributed by atoms with E-state index >= 15 is 0 Å². The van der Waals surface area contributed by atoms with Crippen LogP contribution in [0.2, 0.25) is 0 Å². The van der Waals surface area contributed by atoms with Crippen molar-refractivity contribution in [2.45, 2.75) is 66.0 Å². The van der Waals surface area contributed by atoms with Gasteiger partial charge in [0.25, 0.3) is 0 Å². The fourth-order valence-electron chi connectivity index (χ4n) is 2.25. The van der Waals surface area contributed by atoms with Crippen LogP contribution in [0, 0.1) is 5.41 Å². The molecule has 1 N–H and O–H groups in total. The maximum atomic E-state index is 3.68. The Balaban J connectivity index is 4.50. The number of nitrogens with zero attached hydrogens (tertiary/aromatic N) is 1. The minimum absolute atomic E-state index is 0.207. The molecule has 0 radical (unpaired) electrons. The van der Waals surface area contributed by atoms with Crippen molar-refractivity contribution in [2.24, 2.45) is 5.41 Å². The molecule has 0 saturated heterocycles. The Morgan fingerprint density at radius 2 is 1.74 bits per heavy atom. The van der Waals surface area contributed by atoms with Gasteiger partial charge in [0, 0.05) is 30.4 Å². The fourth-order valence-corrected chi connectivity index (χ4v) is 3.13. The first-order chi connectivity index (χ1) is 8.67. The molecule has 0 aliphatic rings. The monoisotopic (exact) mass is 288 g/mol. The summed E-state index contributed by atoms with van der Waals surface area (Å²) in [6.45, 7) is 16.0. The van der Waals surface area contributed by atoms with E-state index in [1.54, 1.807) is 0 Å². The van der Waals surface area contributed by atoms with Crippen molar-refractivity contribution in [3.63, 3.8) is 0 Å². The van der Waals surface area contributed by atoms with Crippen molar-refractivity contribution in [1.29, 1.82) is 0 Å². The molecule has 0 heterocycles.